The van der Waals surface area contributed by atoms with E-state index in [4.69, 9.17) is 10.5 Å². The first-order chi connectivity index (χ1) is 8.01. The average Bonchev–Trinajstić information content (AvgIpc) is 2.72. The van der Waals surface area contributed by atoms with Gasteiger partial charge in [0.2, 0.25) is 0 Å². The molecule has 1 aromatic rings. The van der Waals surface area contributed by atoms with Gasteiger partial charge in [0.1, 0.15) is 5.54 Å². The first kappa shape index (κ1) is 17.2. The number of hydrogen-bond donors (Lipinski definition) is 2. The molecule has 0 bridgehead atoms. The molecule has 18 heavy (non-hydrogen) atoms. The first-order valence-corrected chi connectivity index (χ1v) is 6.37. The van der Waals surface area contributed by atoms with Crippen molar-refractivity contribution in [3.05, 3.63) is 11.1 Å². The lowest BCUT2D eigenvalue weighted by atomic mass is 9.96. The van der Waals surface area contributed by atoms with Gasteiger partial charge in [-0.25, -0.2) is 4.98 Å². The largest absolute Gasteiger partial charge is 0.468 e. The van der Waals surface area contributed by atoms with Gasteiger partial charge >= 0.3 is 5.97 Å². The highest BCUT2D eigenvalue weighted by molar-refractivity contribution is 7.15. The second-order valence-electron chi connectivity index (χ2n) is 4.09. The minimum absolute atomic E-state index is 0. The van der Waals surface area contributed by atoms with Crippen molar-refractivity contribution in [3.8, 4) is 0 Å². The maximum atomic E-state index is 11.7. The number of anilines is 1. The number of nitrogen functional groups attached to an aromatic ring is 1. The van der Waals surface area contributed by atoms with Gasteiger partial charge in [-0.1, -0.05) is 13.3 Å². The predicted molar refractivity (Wildman–Crippen MR) is 75.9 cm³/mol. The first-order valence-electron chi connectivity index (χ1n) is 5.55. The van der Waals surface area contributed by atoms with Crippen LogP contribution in [0.5, 0.6) is 0 Å². The van der Waals surface area contributed by atoms with Crippen LogP contribution < -0.4 is 11.1 Å². The second kappa shape index (κ2) is 7.56. The van der Waals surface area contributed by atoms with Crippen molar-refractivity contribution in [3.63, 3.8) is 0 Å². The van der Waals surface area contributed by atoms with E-state index in [1.807, 2.05) is 13.8 Å². The van der Waals surface area contributed by atoms with E-state index < -0.39 is 5.54 Å². The van der Waals surface area contributed by atoms with Crippen LogP contribution in [0.25, 0.3) is 0 Å². The van der Waals surface area contributed by atoms with Crippen LogP contribution in [0.15, 0.2) is 6.20 Å². The lowest BCUT2D eigenvalue weighted by Crippen LogP contribution is -2.49. The third-order valence-electron chi connectivity index (χ3n) is 2.61. The van der Waals surface area contributed by atoms with Crippen molar-refractivity contribution in [2.24, 2.45) is 0 Å². The van der Waals surface area contributed by atoms with Gasteiger partial charge in [-0.2, -0.15) is 0 Å². The van der Waals surface area contributed by atoms with E-state index >= 15 is 0 Å². The Bertz CT molecular complexity index is 386. The lowest BCUT2D eigenvalue weighted by molar-refractivity contribution is -0.148. The van der Waals surface area contributed by atoms with Crippen LogP contribution in [-0.2, 0) is 16.1 Å². The molecule has 0 spiro atoms. The summed E-state index contributed by atoms with van der Waals surface area (Å²) >= 11 is 1.42. The van der Waals surface area contributed by atoms with Crippen molar-refractivity contribution in [2.75, 3.05) is 12.8 Å². The molecule has 0 amide bonds. The fraction of sp³-hybridized carbons (Fsp3) is 0.636. The molecule has 0 saturated carbocycles. The van der Waals surface area contributed by atoms with Crippen molar-refractivity contribution in [1.29, 1.82) is 0 Å². The Hall–Kier alpha value is -0.850. The summed E-state index contributed by atoms with van der Waals surface area (Å²) in [6.07, 6.45) is 3.36. The molecule has 0 aliphatic rings. The van der Waals surface area contributed by atoms with E-state index in [0.29, 0.717) is 11.7 Å². The summed E-state index contributed by atoms with van der Waals surface area (Å²) in [5, 5.41) is 3.76. The van der Waals surface area contributed by atoms with Gasteiger partial charge in [0, 0.05) is 17.6 Å². The Labute approximate surface area is 118 Å². The number of esters is 1. The number of hydrogen-bond acceptors (Lipinski definition) is 6. The summed E-state index contributed by atoms with van der Waals surface area (Å²) in [4.78, 5) is 16.7. The maximum Gasteiger partial charge on any atom is 0.325 e. The van der Waals surface area contributed by atoms with Crippen LogP contribution in [0, 0.1) is 0 Å². The number of nitrogens with two attached hydrogens (primary N) is 1. The van der Waals surface area contributed by atoms with Gasteiger partial charge in [0.25, 0.3) is 0 Å². The zero-order chi connectivity index (χ0) is 12.9. The van der Waals surface area contributed by atoms with E-state index in [0.717, 1.165) is 17.7 Å². The smallest absolute Gasteiger partial charge is 0.325 e. The quantitative estimate of drug-likeness (QED) is 0.784. The number of aromatic nitrogens is 1. The molecule has 0 aliphatic heterocycles. The van der Waals surface area contributed by atoms with Gasteiger partial charge in [-0.3, -0.25) is 10.1 Å². The molecule has 1 atom stereocenters. The summed E-state index contributed by atoms with van der Waals surface area (Å²) in [5.41, 5.74) is 4.90. The molecule has 0 aromatic carbocycles. The van der Waals surface area contributed by atoms with E-state index in [1.165, 1.54) is 18.4 Å². The third kappa shape index (κ3) is 4.44. The van der Waals surface area contributed by atoms with E-state index in [1.54, 1.807) is 6.20 Å². The maximum absolute atomic E-state index is 11.7. The molecule has 104 valence electrons. The minimum Gasteiger partial charge on any atom is -0.468 e. The molecule has 5 nitrogen and oxygen atoms in total. The van der Waals surface area contributed by atoms with Gasteiger partial charge in [0.15, 0.2) is 5.13 Å². The highest BCUT2D eigenvalue weighted by Gasteiger charge is 2.32. The highest BCUT2D eigenvalue weighted by atomic mass is 35.5. The van der Waals surface area contributed by atoms with Crippen LogP contribution in [0.1, 0.15) is 31.6 Å². The van der Waals surface area contributed by atoms with Crippen molar-refractivity contribution in [2.45, 2.75) is 38.8 Å². The van der Waals surface area contributed by atoms with Crippen LogP contribution in [0.2, 0.25) is 0 Å². The lowest BCUT2D eigenvalue weighted by Gasteiger charge is -2.27. The number of halogens is 1. The molecule has 0 radical (unpaired) electrons. The molecule has 3 N–H and O–H groups in total. The Balaban J connectivity index is 0.00000289. The monoisotopic (exact) mass is 293 g/mol. The minimum atomic E-state index is -0.651. The van der Waals surface area contributed by atoms with Gasteiger partial charge in [0.05, 0.1) is 7.11 Å². The zero-order valence-electron chi connectivity index (χ0n) is 10.9. The summed E-state index contributed by atoms with van der Waals surface area (Å²) in [7, 11) is 1.41. The van der Waals surface area contributed by atoms with Gasteiger partial charge in [-0.05, 0) is 13.3 Å². The number of thiazole rings is 1. The standard InChI is InChI=1S/C11H19N3O2S.ClH/c1-4-5-11(2,9(15)16-3)14-7-8-6-13-10(12)17-8;/h6,14H,4-5,7H2,1-3H3,(H2,12,13);1H. The molecule has 7 heteroatoms. The number of nitrogens with zero attached hydrogens (tertiary/aromatic N) is 1. The summed E-state index contributed by atoms with van der Waals surface area (Å²) in [5.74, 6) is -0.239. The Morgan fingerprint density at radius 1 is 1.67 bits per heavy atom. The van der Waals surface area contributed by atoms with Crippen molar-refractivity contribution < 1.29 is 9.53 Å². The Morgan fingerprint density at radius 3 is 2.78 bits per heavy atom. The van der Waals surface area contributed by atoms with Crippen LogP contribution in [0.3, 0.4) is 0 Å². The van der Waals surface area contributed by atoms with Crippen molar-refractivity contribution in [1.82, 2.24) is 10.3 Å². The van der Waals surface area contributed by atoms with Gasteiger partial charge in [-0.15, -0.1) is 23.7 Å². The average molecular weight is 294 g/mol. The third-order valence-corrected chi connectivity index (χ3v) is 3.44. The fourth-order valence-corrected chi connectivity index (χ4v) is 2.30. The zero-order valence-corrected chi connectivity index (χ0v) is 12.5. The molecular weight excluding hydrogens is 274 g/mol. The molecule has 0 fully saturated rings. The molecule has 1 rings (SSSR count). The van der Waals surface area contributed by atoms with Crippen LogP contribution in [-0.4, -0.2) is 23.6 Å². The second-order valence-corrected chi connectivity index (χ2v) is 5.24. The molecular formula is C11H20ClN3O2S. The summed E-state index contributed by atoms with van der Waals surface area (Å²) < 4.78 is 4.82. The summed E-state index contributed by atoms with van der Waals surface area (Å²) in [6.45, 7) is 4.46. The van der Waals surface area contributed by atoms with Gasteiger partial charge < -0.3 is 10.5 Å². The van der Waals surface area contributed by atoms with E-state index in [9.17, 15) is 4.79 Å². The normalized spacial score (nSPS) is 13.5. The molecule has 0 aliphatic carbocycles. The van der Waals surface area contributed by atoms with E-state index in [2.05, 4.69) is 10.3 Å². The molecule has 1 heterocycles. The number of carbonyl (C=O) groups is 1. The number of methoxy groups -OCH3 is 1. The van der Waals surface area contributed by atoms with Crippen LogP contribution in [0.4, 0.5) is 5.13 Å². The van der Waals surface area contributed by atoms with Crippen LogP contribution >= 0.6 is 23.7 Å². The number of carbonyl (C=O) groups excluding carboxylic acids is 1. The predicted octanol–water partition coefficient (Wildman–Crippen LogP) is 1.97. The Morgan fingerprint density at radius 2 is 2.33 bits per heavy atom. The highest BCUT2D eigenvalue weighted by Crippen LogP contribution is 2.18. The Kier molecular flexibility index (Phi) is 7.20. The number of ether oxygens (including phenoxy) is 1. The molecule has 0 saturated heterocycles. The molecule has 1 aromatic heterocycles. The molecule has 1 unspecified atom stereocenters. The SMILES string of the molecule is CCCC(C)(NCc1cnc(N)s1)C(=O)OC.Cl. The topological polar surface area (TPSA) is 77.2 Å². The summed E-state index contributed by atoms with van der Waals surface area (Å²) in [6, 6.07) is 0. The van der Waals surface area contributed by atoms with E-state index in [-0.39, 0.29) is 18.4 Å². The van der Waals surface area contributed by atoms with Crippen molar-refractivity contribution >= 4 is 34.8 Å². The number of rotatable bonds is 6. The number of nitrogens with one attached hydrogen (secondary N) is 1. The fourth-order valence-electron chi connectivity index (χ4n) is 1.67.